The van der Waals surface area contributed by atoms with Gasteiger partial charge < -0.3 is 20.2 Å². The molecule has 0 saturated carbocycles. The van der Waals surface area contributed by atoms with E-state index >= 15 is 0 Å². The molecule has 0 atom stereocenters. The van der Waals surface area contributed by atoms with Crippen molar-refractivity contribution in [3.63, 3.8) is 0 Å². The third-order valence-corrected chi connectivity index (χ3v) is 2.04. The molecule has 0 aliphatic carbocycles. The number of aromatic amines is 1. The number of aromatic nitrogens is 4. The van der Waals surface area contributed by atoms with E-state index in [0.29, 0.717) is 42.6 Å². The second-order valence-corrected chi connectivity index (χ2v) is 3.19. The lowest BCUT2D eigenvalue weighted by Gasteiger charge is -1.99. The molecule has 16 heavy (non-hydrogen) atoms. The Morgan fingerprint density at radius 2 is 2.25 bits per heavy atom. The minimum Gasteiger partial charge on any atom is -0.382 e. The highest BCUT2D eigenvalue weighted by atomic mass is 16.5. The molecule has 3 N–H and O–H groups in total. The molecule has 2 rings (SSSR count). The van der Waals surface area contributed by atoms with Gasteiger partial charge in [0.05, 0.1) is 13.2 Å². The molecular weight excluding hydrogens is 210 g/mol. The maximum atomic E-state index is 5.66. The predicted molar refractivity (Wildman–Crippen MR) is 57.6 cm³/mol. The van der Waals surface area contributed by atoms with Crippen LogP contribution in [0, 0.1) is 0 Å². The lowest BCUT2D eigenvalue weighted by atomic mass is 10.5. The van der Waals surface area contributed by atoms with Gasteiger partial charge in [-0.1, -0.05) is 0 Å². The number of imidazole rings is 1. The van der Waals surface area contributed by atoms with Gasteiger partial charge in [0.1, 0.15) is 24.3 Å². The summed E-state index contributed by atoms with van der Waals surface area (Å²) in [7, 11) is 1.63. The van der Waals surface area contributed by atoms with Crippen LogP contribution >= 0.6 is 0 Å². The smallest absolute Gasteiger partial charge is 0.183 e. The summed E-state index contributed by atoms with van der Waals surface area (Å²) in [5.41, 5.74) is 6.86. The van der Waals surface area contributed by atoms with Crippen molar-refractivity contribution in [2.24, 2.45) is 0 Å². The topological polar surface area (TPSA) is 98.9 Å². The van der Waals surface area contributed by atoms with E-state index in [-0.39, 0.29) is 0 Å². The van der Waals surface area contributed by atoms with Gasteiger partial charge in [-0.25, -0.2) is 15.0 Å². The number of rotatable bonds is 5. The molecule has 0 fully saturated rings. The molecule has 0 bridgehead atoms. The number of methoxy groups -OCH3 is 1. The van der Waals surface area contributed by atoms with Crippen LogP contribution in [0.2, 0.25) is 0 Å². The molecule has 2 aromatic rings. The maximum Gasteiger partial charge on any atom is 0.183 e. The standard InChI is InChI=1S/C9H13N5O2/c1-15-2-3-16-4-6-13-7-8(10)11-5-12-9(7)14-6/h5H,2-4H2,1H3,(H3,10,11,12,13,14). The van der Waals surface area contributed by atoms with Crippen LogP contribution in [0.25, 0.3) is 11.2 Å². The summed E-state index contributed by atoms with van der Waals surface area (Å²) in [6.45, 7) is 1.45. The van der Waals surface area contributed by atoms with Gasteiger partial charge in [0.2, 0.25) is 0 Å². The Kier molecular flexibility index (Phi) is 3.28. The minimum atomic E-state index is 0.374. The zero-order chi connectivity index (χ0) is 11.4. The number of hydrogen-bond donors (Lipinski definition) is 2. The Morgan fingerprint density at radius 3 is 3.00 bits per heavy atom. The summed E-state index contributed by atoms with van der Waals surface area (Å²) in [6, 6.07) is 0. The van der Waals surface area contributed by atoms with Gasteiger partial charge in [-0.3, -0.25) is 0 Å². The Bertz CT molecular complexity index is 470. The van der Waals surface area contributed by atoms with E-state index in [2.05, 4.69) is 19.9 Å². The molecule has 0 amide bonds. The number of nitrogens with zero attached hydrogens (tertiary/aromatic N) is 3. The number of hydrogen-bond acceptors (Lipinski definition) is 6. The molecule has 86 valence electrons. The van der Waals surface area contributed by atoms with Crippen molar-refractivity contribution in [1.82, 2.24) is 19.9 Å². The van der Waals surface area contributed by atoms with E-state index in [9.17, 15) is 0 Å². The van der Waals surface area contributed by atoms with Crippen molar-refractivity contribution in [2.45, 2.75) is 6.61 Å². The van der Waals surface area contributed by atoms with Gasteiger partial charge in [-0.2, -0.15) is 0 Å². The van der Waals surface area contributed by atoms with Crippen LogP contribution in [0.5, 0.6) is 0 Å². The van der Waals surface area contributed by atoms with E-state index in [0.717, 1.165) is 0 Å². The van der Waals surface area contributed by atoms with E-state index < -0.39 is 0 Å². The fourth-order valence-corrected chi connectivity index (χ4v) is 1.27. The molecule has 2 aromatic heterocycles. The summed E-state index contributed by atoms with van der Waals surface area (Å²) in [5.74, 6) is 1.07. The van der Waals surface area contributed by atoms with E-state index in [1.807, 2.05) is 0 Å². The summed E-state index contributed by atoms with van der Waals surface area (Å²) >= 11 is 0. The zero-order valence-corrected chi connectivity index (χ0v) is 8.93. The fourth-order valence-electron chi connectivity index (χ4n) is 1.27. The van der Waals surface area contributed by atoms with Gasteiger partial charge in [0.15, 0.2) is 11.5 Å². The summed E-state index contributed by atoms with van der Waals surface area (Å²) < 4.78 is 10.2. The van der Waals surface area contributed by atoms with E-state index in [4.69, 9.17) is 15.2 Å². The molecular formula is C9H13N5O2. The highest BCUT2D eigenvalue weighted by Crippen LogP contribution is 2.13. The fraction of sp³-hybridized carbons (Fsp3) is 0.444. The van der Waals surface area contributed by atoms with Crippen molar-refractivity contribution in [3.8, 4) is 0 Å². The number of H-pyrrole nitrogens is 1. The Balaban J connectivity index is 2.05. The Hall–Kier alpha value is -1.73. The predicted octanol–water partition coefficient (Wildman–Crippen LogP) is 0.0981. The van der Waals surface area contributed by atoms with Crippen molar-refractivity contribution >= 4 is 17.0 Å². The normalized spacial score (nSPS) is 11.1. The first-order valence-electron chi connectivity index (χ1n) is 4.83. The van der Waals surface area contributed by atoms with Gasteiger partial charge in [0.25, 0.3) is 0 Å². The highest BCUT2D eigenvalue weighted by Gasteiger charge is 2.06. The lowest BCUT2D eigenvalue weighted by Crippen LogP contribution is -2.02. The summed E-state index contributed by atoms with van der Waals surface area (Å²) in [6.07, 6.45) is 1.38. The molecule has 7 heteroatoms. The minimum absolute atomic E-state index is 0.374. The molecule has 0 radical (unpaired) electrons. The Morgan fingerprint density at radius 1 is 1.38 bits per heavy atom. The van der Waals surface area contributed by atoms with Crippen molar-refractivity contribution < 1.29 is 9.47 Å². The quantitative estimate of drug-likeness (QED) is 0.697. The average Bonchev–Trinajstić information content (AvgIpc) is 2.69. The number of ether oxygens (including phenoxy) is 2. The van der Waals surface area contributed by atoms with Crippen molar-refractivity contribution in [3.05, 3.63) is 12.2 Å². The van der Waals surface area contributed by atoms with Crippen LogP contribution in [-0.4, -0.2) is 40.3 Å². The van der Waals surface area contributed by atoms with Crippen LogP contribution in [0.15, 0.2) is 6.33 Å². The van der Waals surface area contributed by atoms with Gasteiger partial charge in [0, 0.05) is 7.11 Å². The van der Waals surface area contributed by atoms with Crippen molar-refractivity contribution in [1.29, 1.82) is 0 Å². The van der Waals surface area contributed by atoms with Crippen LogP contribution in [0.4, 0.5) is 5.82 Å². The largest absolute Gasteiger partial charge is 0.382 e. The number of nitrogens with one attached hydrogen (secondary N) is 1. The highest BCUT2D eigenvalue weighted by molar-refractivity contribution is 5.80. The summed E-state index contributed by atoms with van der Waals surface area (Å²) in [4.78, 5) is 15.1. The lowest BCUT2D eigenvalue weighted by molar-refractivity contribution is 0.0590. The molecule has 2 heterocycles. The van der Waals surface area contributed by atoms with E-state index in [1.165, 1.54) is 6.33 Å². The van der Waals surface area contributed by atoms with Crippen molar-refractivity contribution in [2.75, 3.05) is 26.1 Å². The monoisotopic (exact) mass is 223 g/mol. The van der Waals surface area contributed by atoms with Crippen LogP contribution in [-0.2, 0) is 16.1 Å². The van der Waals surface area contributed by atoms with Crippen LogP contribution < -0.4 is 5.73 Å². The molecule has 0 saturated heterocycles. The third kappa shape index (κ3) is 2.26. The molecule has 0 aliphatic heterocycles. The van der Waals surface area contributed by atoms with E-state index in [1.54, 1.807) is 7.11 Å². The number of nitrogen functional groups attached to an aromatic ring is 1. The van der Waals surface area contributed by atoms with Crippen LogP contribution in [0.1, 0.15) is 5.82 Å². The number of nitrogens with two attached hydrogens (primary N) is 1. The SMILES string of the molecule is COCCOCc1nc2ncnc(N)c2[nH]1. The molecule has 7 nitrogen and oxygen atoms in total. The second-order valence-electron chi connectivity index (χ2n) is 3.19. The average molecular weight is 223 g/mol. The third-order valence-electron chi connectivity index (χ3n) is 2.04. The van der Waals surface area contributed by atoms with Gasteiger partial charge in [-0.05, 0) is 0 Å². The first kappa shape index (κ1) is 10.8. The maximum absolute atomic E-state index is 5.66. The first-order valence-corrected chi connectivity index (χ1v) is 4.83. The van der Waals surface area contributed by atoms with Crippen LogP contribution in [0.3, 0.4) is 0 Å². The van der Waals surface area contributed by atoms with Gasteiger partial charge in [-0.15, -0.1) is 0 Å². The number of anilines is 1. The zero-order valence-electron chi connectivity index (χ0n) is 8.93. The molecule has 0 aromatic carbocycles. The number of fused-ring (bicyclic) bond motifs is 1. The summed E-state index contributed by atoms with van der Waals surface area (Å²) in [5, 5.41) is 0. The second kappa shape index (κ2) is 4.86. The first-order chi connectivity index (χ1) is 7.81. The Labute approximate surface area is 92.0 Å². The molecule has 0 unspecified atom stereocenters. The van der Waals surface area contributed by atoms with Gasteiger partial charge >= 0.3 is 0 Å². The molecule has 0 aliphatic rings. The molecule has 0 spiro atoms.